The smallest absolute Gasteiger partial charge is 0.350 e. The number of aryl methyl sites for hydroxylation is 4. The summed E-state index contributed by atoms with van der Waals surface area (Å²) in [7, 11) is 2.72. The molecule has 4 aromatic carbocycles. The molecule has 0 spiro atoms. The summed E-state index contributed by atoms with van der Waals surface area (Å²) in [6.45, 7) is 19.1. The highest BCUT2D eigenvalue weighted by molar-refractivity contribution is 6.07. The van der Waals surface area contributed by atoms with Crippen LogP contribution in [0.3, 0.4) is 0 Å². The molecule has 0 heterocycles. The molecule has 0 bridgehead atoms. The molecule has 1 N–H and O–H groups in total. The number of ether oxygens (including phenoxy) is 5. The van der Waals surface area contributed by atoms with E-state index in [1.54, 1.807) is 72.8 Å². The Balaban J connectivity index is 0.000000323. The molecule has 320 valence electrons. The van der Waals surface area contributed by atoms with E-state index in [4.69, 9.17) is 23.7 Å². The van der Waals surface area contributed by atoms with Gasteiger partial charge in [0, 0.05) is 11.1 Å². The molecule has 0 fully saturated rings. The van der Waals surface area contributed by atoms with Crippen molar-refractivity contribution in [1.82, 2.24) is 0 Å². The number of rotatable bonds is 14. The molecule has 4 rings (SSSR count). The van der Waals surface area contributed by atoms with Crippen molar-refractivity contribution < 1.29 is 56.7 Å². The van der Waals surface area contributed by atoms with Gasteiger partial charge >= 0.3 is 11.9 Å². The standard InChI is InChI=1S/C26H31FO5.C22H23FO5/c1-16-13-18(9-11-21(28)19-10-12-22(30-8)20(27)15-19)14-17(2)23(16)31-26(6,7)24(29)32-25(3,4)5;1-13-10-15(11-14(2)20(13)28-22(3,4)21(25)26)6-8-18(24)16-7-9-19(27-5)17(23)12-16/h9-15H,1-8H3;6-12H,1-5H3,(H,25,26)/b11-9+;8-6+. The van der Waals surface area contributed by atoms with E-state index in [-0.39, 0.29) is 34.2 Å². The lowest BCUT2D eigenvalue weighted by Crippen LogP contribution is -2.43. The summed E-state index contributed by atoms with van der Waals surface area (Å²) in [5, 5.41) is 9.24. The zero-order valence-corrected chi connectivity index (χ0v) is 36.5. The lowest BCUT2D eigenvalue weighted by molar-refractivity contribution is -0.171. The second kappa shape index (κ2) is 19.6. The number of methoxy groups -OCH3 is 2. The fourth-order valence-corrected chi connectivity index (χ4v) is 5.65. The Hall–Kier alpha value is -6.30. The number of esters is 1. The van der Waals surface area contributed by atoms with Gasteiger partial charge in [-0.05, 0) is 182 Å². The zero-order valence-electron chi connectivity index (χ0n) is 36.5. The molecule has 0 aliphatic rings. The second-order valence-electron chi connectivity index (χ2n) is 16.1. The maximum Gasteiger partial charge on any atom is 0.350 e. The minimum Gasteiger partial charge on any atom is -0.494 e. The van der Waals surface area contributed by atoms with Crippen molar-refractivity contribution in [3.8, 4) is 23.0 Å². The average molecular weight is 829 g/mol. The topological polar surface area (TPSA) is 135 Å². The molecule has 0 aliphatic heterocycles. The van der Waals surface area contributed by atoms with Gasteiger partial charge in [0.2, 0.25) is 0 Å². The molecule has 0 radical (unpaired) electrons. The molecule has 60 heavy (non-hydrogen) atoms. The molecule has 4 aromatic rings. The van der Waals surface area contributed by atoms with Crippen LogP contribution in [0.5, 0.6) is 23.0 Å². The van der Waals surface area contributed by atoms with Crippen molar-refractivity contribution in [2.24, 2.45) is 0 Å². The number of benzene rings is 4. The van der Waals surface area contributed by atoms with Gasteiger partial charge in [-0.3, -0.25) is 9.59 Å². The van der Waals surface area contributed by atoms with Gasteiger partial charge in [0.1, 0.15) is 17.1 Å². The number of carbonyl (C=O) groups excluding carboxylic acids is 3. The normalized spacial score (nSPS) is 11.8. The maximum atomic E-state index is 13.9. The second-order valence-corrected chi connectivity index (χ2v) is 16.1. The van der Waals surface area contributed by atoms with Crippen molar-refractivity contribution >= 4 is 35.7 Å². The van der Waals surface area contributed by atoms with Gasteiger partial charge in [-0.25, -0.2) is 18.4 Å². The van der Waals surface area contributed by atoms with E-state index >= 15 is 0 Å². The molecule has 0 saturated carbocycles. The fraction of sp³-hybridized carbons (Fsp3) is 0.333. The summed E-state index contributed by atoms with van der Waals surface area (Å²) >= 11 is 0. The molecule has 10 nitrogen and oxygen atoms in total. The van der Waals surface area contributed by atoms with Crippen molar-refractivity contribution in [3.05, 3.63) is 129 Å². The number of carbonyl (C=O) groups is 4. The van der Waals surface area contributed by atoms with Crippen LogP contribution in [0, 0.1) is 39.3 Å². The van der Waals surface area contributed by atoms with Crippen molar-refractivity contribution in [2.75, 3.05) is 14.2 Å². The van der Waals surface area contributed by atoms with Crippen LogP contribution in [0.25, 0.3) is 12.2 Å². The third kappa shape index (κ3) is 13.1. The summed E-state index contributed by atoms with van der Waals surface area (Å²) in [5.41, 5.74) is 1.94. The van der Waals surface area contributed by atoms with Gasteiger partial charge in [-0.2, -0.15) is 0 Å². The number of halogens is 2. The highest BCUT2D eigenvalue weighted by Gasteiger charge is 2.35. The first kappa shape index (κ1) is 48.1. The third-order valence-corrected chi connectivity index (χ3v) is 8.81. The Kier molecular flexibility index (Phi) is 15.7. The number of hydrogen-bond donors (Lipinski definition) is 1. The van der Waals surface area contributed by atoms with Crippen LogP contribution >= 0.6 is 0 Å². The van der Waals surface area contributed by atoms with E-state index in [0.29, 0.717) is 11.5 Å². The molecule has 0 atom stereocenters. The molecule has 0 aliphatic carbocycles. The molecule has 0 amide bonds. The Morgan fingerprint density at radius 1 is 0.567 bits per heavy atom. The first-order valence-electron chi connectivity index (χ1n) is 19.0. The van der Waals surface area contributed by atoms with Crippen LogP contribution in [0.4, 0.5) is 8.78 Å². The highest BCUT2D eigenvalue weighted by atomic mass is 19.1. The summed E-state index contributed by atoms with van der Waals surface area (Å²) in [6, 6.07) is 15.4. The van der Waals surface area contributed by atoms with Gasteiger partial charge in [-0.15, -0.1) is 0 Å². The van der Waals surface area contributed by atoms with Gasteiger partial charge in [0.15, 0.2) is 45.9 Å². The quantitative estimate of drug-likeness (QED) is 0.0743. The molecule has 0 saturated heterocycles. The molecular weight excluding hydrogens is 775 g/mol. The summed E-state index contributed by atoms with van der Waals surface area (Å²) < 4.78 is 54.5. The van der Waals surface area contributed by atoms with Crippen LogP contribution in [0.2, 0.25) is 0 Å². The lowest BCUT2D eigenvalue weighted by Gasteiger charge is -2.30. The Morgan fingerprint density at radius 3 is 1.22 bits per heavy atom. The van der Waals surface area contributed by atoms with E-state index < -0.39 is 40.4 Å². The number of hydrogen-bond acceptors (Lipinski definition) is 9. The number of ketones is 2. The summed E-state index contributed by atoms with van der Waals surface area (Å²) in [4.78, 5) is 48.5. The van der Waals surface area contributed by atoms with Gasteiger partial charge in [-0.1, -0.05) is 12.2 Å². The van der Waals surface area contributed by atoms with Gasteiger partial charge in [0.05, 0.1) is 14.2 Å². The van der Waals surface area contributed by atoms with Crippen LogP contribution < -0.4 is 18.9 Å². The van der Waals surface area contributed by atoms with Crippen LogP contribution in [-0.2, 0) is 14.3 Å². The largest absolute Gasteiger partial charge is 0.494 e. The van der Waals surface area contributed by atoms with E-state index in [9.17, 15) is 33.1 Å². The summed E-state index contributed by atoms with van der Waals surface area (Å²) in [6.07, 6.45) is 6.03. The minimum absolute atomic E-state index is 0.0756. The van der Waals surface area contributed by atoms with Gasteiger partial charge < -0.3 is 28.8 Å². The fourth-order valence-electron chi connectivity index (χ4n) is 5.65. The monoisotopic (exact) mass is 828 g/mol. The van der Waals surface area contributed by atoms with Crippen LogP contribution in [0.1, 0.15) is 103 Å². The zero-order chi connectivity index (χ0) is 45.3. The maximum absolute atomic E-state index is 13.9. The first-order chi connectivity index (χ1) is 27.8. The molecule has 0 aromatic heterocycles. The van der Waals surface area contributed by atoms with E-state index in [0.717, 1.165) is 45.5 Å². The Bertz CT molecular complexity index is 2270. The summed E-state index contributed by atoms with van der Waals surface area (Å²) in [5.74, 6) is -2.14. The molecular formula is C48H54F2O10. The predicted octanol–water partition coefficient (Wildman–Crippen LogP) is 10.4. The number of carboxylic acids is 1. The number of aliphatic carboxylic acids is 1. The molecule has 12 heteroatoms. The highest BCUT2D eigenvalue weighted by Crippen LogP contribution is 2.32. The van der Waals surface area contributed by atoms with E-state index in [2.05, 4.69) is 0 Å². The lowest BCUT2D eigenvalue weighted by atomic mass is 10.0. The Labute approximate surface area is 350 Å². The van der Waals surface area contributed by atoms with Crippen molar-refractivity contribution in [1.29, 1.82) is 0 Å². The van der Waals surface area contributed by atoms with Crippen molar-refractivity contribution in [2.45, 2.75) is 93.0 Å². The van der Waals surface area contributed by atoms with Crippen molar-refractivity contribution in [3.63, 3.8) is 0 Å². The van der Waals surface area contributed by atoms with E-state index in [1.807, 2.05) is 26.0 Å². The van der Waals surface area contributed by atoms with E-state index in [1.165, 1.54) is 64.5 Å². The number of carboxylic acid groups (broad SMARTS) is 1. The van der Waals surface area contributed by atoms with Gasteiger partial charge in [0.25, 0.3) is 0 Å². The minimum atomic E-state index is -1.36. The average Bonchev–Trinajstić information content (AvgIpc) is 3.15. The molecule has 0 unspecified atom stereocenters. The number of allylic oxidation sites excluding steroid dienone is 2. The Morgan fingerprint density at radius 2 is 0.917 bits per heavy atom. The SMILES string of the molecule is COc1ccc(C(=O)/C=C/c2cc(C)c(OC(C)(C)C(=O)O)c(C)c2)cc1F.COc1ccc(C(=O)/C=C/c2cc(C)c(OC(C)(C)C(=O)OC(C)(C)C)c(C)c2)cc1F. The van der Waals surface area contributed by atoms with Crippen LogP contribution in [-0.4, -0.2) is 59.6 Å². The first-order valence-corrected chi connectivity index (χ1v) is 19.0. The predicted molar refractivity (Wildman–Crippen MR) is 227 cm³/mol. The third-order valence-electron chi connectivity index (χ3n) is 8.81. The van der Waals surface area contributed by atoms with Crippen LogP contribution in [0.15, 0.2) is 72.8 Å².